The van der Waals surface area contributed by atoms with Crippen LogP contribution in [0.25, 0.3) is 21.8 Å². The largest absolute Gasteiger partial charge is 0.508 e. The third-order valence-corrected chi connectivity index (χ3v) is 21.1. The Hall–Kier alpha value is -11.0. The molecule has 8 rings (SSSR count). The Bertz CT molecular complexity index is 4260. The number of nitrogens with one attached hydrogen (secondary N) is 10. The van der Waals surface area contributed by atoms with E-state index in [1.165, 1.54) is 55.1 Å². The molecule has 4 aromatic carbocycles. The normalized spacial score (nSPS) is 24.0. The van der Waals surface area contributed by atoms with E-state index in [1.807, 2.05) is 32.0 Å². The van der Waals surface area contributed by atoms with Gasteiger partial charge < -0.3 is 88.9 Å². The second-order valence-corrected chi connectivity index (χ2v) is 30.2. The first kappa shape index (κ1) is 83.7. The lowest BCUT2D eigenvalue weighted by Crippen LogP contribution is -2.62. The first-order valence-electron chi connectivity index (χ1n) is 36.9. The number of hydrogen-bond donors (Lipinski definition) is 14. The lowest BCUT2D eigenvalue weighted by Gasteiger charge is -2.35. The monoisotopic (exact) mass is 1520 g/mol. The number of nitrogens with two attached hydrogens (primary N) is 2. The summed E-state index contributed by atoms with van der Waals surface area (Å²) in [5.74, 6) is -13.0. The van der Waals surface area contributed by atoms with Gasteiger partial charge in [-0.2, -0.15) is 0 Å². The second-order valence-electron chi connectivity index (χ2n) is 29.2. The molecular formula is C78H103N15O15S. The van der Waals surface area contributed by atoms with Crippen molar-refractivity contribution in [3.63, 3.8) is 0 Å². The van der Waals surface area contributed by atoms with Gasteiger partial charge in [-0.1, -0.05) is 109 Å². The topological polar surface area (TPSA) is 452 Å². The summed E-state index contributed by atoms with van der Waals surface area (Å²) in [7, 11) is 2.76. The van der Waals surface area contributed by atoms with Crippen LogP contribution in [-0.4, -0.2) is 210 Å². The van der Waals surface area contributed by atoms with Gasteiger partial charge in [-0.3, -0.25) is 62.3 Å². The average Bonchev–Trinajstić information content (AvgIpc) is 1.67. The Morgan fingerprint density at radius 3 is 1.56 bits per heavy atom. The minimum Gasteiger partial charge on any atom is -0.508 e. The Labute approximate surface area is 637 Å². The Morgan fingerprint density at radius 2 is 1.03 bits per heavy atom. The molecule has 2 aliphatic heterocycles. The molecule has 16 N–H and O–H groups in total. The molecule has 109 heavy (non-hydrogen) atoms. The highest BCUT2D eigenvalue weighted by molar-refractivity contribution is 8.00. The van der Waals surface area contributed by atoms with Crippen LogP contribution in [0.15, 0.2) is 109 Å². The van der Waals surface area contributed by atoms with Crippen molar-refractivity contribution in [3.05, 3.63) is 132 Å². The predicted octanol–water partition coefficient (Wildman–Crippen LogP) is 2.51. The van der Waals surface area contributed by atoms with E-state index in [0.717, 1.165) is 16.7 Å². The number of carbonyl (C=O) groups is 13. The van der Waals surface area contributed by atoms with Gasteiger partial charge in [0.2, 0.25) is 76.8 Å². The third kappa shape index (κ3) is 22.8. The maximum atomic E-state index is 15.5. The van der Waals surface area contributed by atoms with Crippen molar-refractivity contribution in [1.29, 1.82) is 0 Å². The molecule has 0 saturated carbocycles. The molecule has 4 heterocycles. The molecule has 30 nitrogen and oxygen atoms in total. The standard InChI is InChI=1S/C78H103N15O15S/c1-10-44(6)67-76(106)88-60(37-65(79)96)72(102)86-58(35-48-38-81-54-18-13-11-16-52(48)54)71(101)89-61(68(80)98)40-109-41-66(97)91(8)63(33-46-22-26-50(94)27-23-46)74(104)83-45(7)69(99)84-56(30-21-42(2)3)77(107)93-31-15-20-62(93)78(108)92(9)64(34-47-24-28-51(95)29-25-47)75(105)87-59(36-49-39-82-55-19-14-12-17-53(49)55)70(100)85-57(32-43(4)5)73(103)90-67/h11-14,16-19,22-29,38-39,42-45,56-64,67,81-82,94-95H,10,15,20-21,30-37,40-41H2,1-9H3,(H2,79,96)(H2,80,98)(H,83,104)(H,84,99)(H,85,100)(H,86,102)(H,87,105)(H,88,106)(H,89,101)(H,90,103)/t44-,45-,56-,57-,58-,59-,60-,61-,62-,63-,64-,67-/m0/s1. The number of likely N-dealkylation sites (N-methyl/N-ethyl adjacent to an activating group) is 2. The summed E-state index contributed by atoms with van der Waals surface area (Å²) in [6.07, 6.45) is 3.00. The van der Waals surface area contributed by atoms with Crippen LogP contribution in [0.1, 0.15) is 116 Å². The zero-order valence-electron chi connectivity index (χ0n) is 63.0. The van der Waals surface area contributed by atoms with E-state index in [0.29, 0.717) is 56.9 Å². The third-order valence-electron chi connectivity index (χ3n) is 20.0. The molecule has 12 atom stereocenters. The van der Waals surface area contributed by atoms with E-state index in [9.17, 15) is 48.6 Å². The van der Waals surface area contributed by atoms with E-state index in [-0.39, 0.29) is 87.0 Å². The number of aromatic hydroxyl groups is 2. The number of thioether (sulfide) groups is 1. The van der Waals surface area contributed by atoms with Gasteiger partial charge in [-0.25, -0.2) is 0 Å². The quantitative estimate of drug-likeness (QED) is 0.0588. The molecule has 2 aliphatic rings. The highest BCUT2D eigenvalue weighted by Crippen LogP contribution is 2.27. The molecular weight excluding hydrogens is 1420 g/mol. The molecule has 13 amide bonds. The summed E-state index contributed by atoms with van der Waals surface area (Å²) in [6, 6.07) is 10.4. The van der Waals surface area contributed by atoms with Crippen LogP contribution in [0.3, 0.4) is 0 Å². The Kier molecular flexibility index (Phi) is 29.7. The van der Waals surface area contributed by atoms with Crippen LogP contribution in [0.2, 0.25) is 0 Å². The number of phenols is 2. The molecule has 2 saturated heterocycles. The molecule has 0 bridgehead atoms. The Morgan fingerprint density at radius 1 is 0.541 bits per heavy atom. The van der Waals surface area contributed by atoms with Gasteiger partial charge in [0.25, 0.3) is 0 Å². The number of amides is 13. The highest BCUT2D eigenvalue weighted by atomic mass is 32.2. The molecule has 2 fully saturated rings. The van der Waals surface area contributed by atoms with Crippen LogP contribution in [0, 0.1) is 17.8 Å². The zero-order valence-corrected chi connectivity index (χ0v) is 63.8. The fraction of sp³-hybridized carbons (Fsp3) is 0.474. The van der Waals surface area contributed by atoms with Crippen molar-refractivity contribution < 1.29 is 72.5 Å². The summed E-state index contributed by atoms with van der Waals surface area (Å²) >= 11 is 0.866. The van der Waals surface area contributed by atoms with E-state index in [2.05, 4.69) is 52.5 Å². The number of rotatable bonds is 18. The summed E-state index contributed by atoms with van der Waals surface area (Å²) in [5, 5.41) is 43.8. The van der Waals surface area contributed by atoms with E-state index < -0.39 is 161 Å². The number of aromatic amines is 2. The first-order valence-corrected chi connectivity index (χ1v) is 38.0. The summed E-state index contributed by atoms with van der Waals surface area (Å²) < 4.78 is 0. The summed E-state index contributed by atoms with van der Waals surface area (Å²) in [6.45, 7) is 12.3. The van der Waals surface area contributed by atoms with Gasteiger partial charge in [-0.15, -0.1) is 11.8 Å². The molecule has 0 spiro atoms. The van der Waals surface area contributed by atoms with Gasteiger partial charge in [0.15, 0.2) is 0 Å². The maximum Gasteiger partial charge on any atom is 0.245 e. The molecule has 31 heteroatoms. The minimum absolute atomic E-state index is 0.0180. The number of H-pyrrole nitrogens is 2. The zero-order chi connectivity index (χ0) is 79.5. The van der Waals surface area contributed by atoms with Crippen LogP contribution in [-0.2, 0) is 88.0 Å². The lowest BCUT2D eigenvalue weighted by atomic mass is 9.95. The minimum atomic E-state index is -1.80. The van der Waals surface area contributed by atoms with Gasteiger partial charge in [0.05, 0.1) is 12.2 Å². The van der Waals surface area contributed by atoms with Gasteiger partial charge >= 0.3 is 0 Å². The number of primary amides is 2. The van der Waals surface area contributed by atoms with Crippen LogP contribution < -0.4 is 54.0 Å². The number of phenolic OH excluding ortho intramolecular Hbond substituents is 2. The van der Waals surface area contributed by atoms with Crippen molar-refractivity contribution in [2.75, 3.05) is 32.1 Å². The average molecular weight is 1520 g/mol. The fourth-order valence-electron chi connectivity index (χ4n) is 13.4. The van der Waals surface area contributed by atoms with Crippen molar-refractivity contribution in [3.8, 4) is 11.5 Å². The van der Waals surface area contributed by atoms with Gasteiger partial charge in [0.1, 0.15) is 78.0 Å². The van der Waals surface area contributed by atoms with E-state index >= 15 is 24.0 Å². The predicted molar refractivity (Wildman–Crippen MR) is 410 cm³/mol. The van der Waals surface area contributed by atoms with E-state index in [4.69, 9.17) is 11.5 Å². The summed E-state index contributed by atoms with van der Waals surface area (Å²) in [5.41, 5.74) is 15.1. The van der Waals surface area contributed by atoms with Crippen LogP contribution in [0.4, 0.5) is 0 Å². The number of nitrogens with zero attached hydrogens (tertiary/aromatic N) is 3. The number of aromatic nitrogens is 2. The molecule has 586 valence electrons. The molecule has 0 radical (unpaired) electrons. The molecule has 0 aliphatic carbocycles. The lowest BCUT2D eigenvalue weighted by molar-refractivity contribution is -0.148. The van der Waals surface area contributed by atoms with Crippen LogP contribution in [0.5, 0.6) is 11.5 Å². The van der Waals surface area contributed by atoms with Crippen LogP contribution >= 0.6 is 11.8 Å². The van der Waals surface area contributed by atoms with Crippen molar-refractivity contribution in [1.82, 2.24) is 67.2 Å². The maximum absolute atomic E-state index is 15.5. The van der Waals surface area contributed by atoms with Crippen molar-refractivity contribution >= 4 is 110 Å². The molecule has 6 aromatic rings. The second kappa shape index (κ2) is 38.7. The molecule has 2 aromatic heterocycles. The number of fused-ring (bicyclic) bond motifs is 3. The van der Waals surface area contributed by atoms with Gasteiger partial charge in [0, 0.05) is 86.3 Å². The smallest absolute Gasteiger partial charge is 0.245 e. The number of hydrogen-bond acceptors (Lipinski definition) is 16. The first-order chi connectivity index (χ1) is 51.8. The molecule has 0 unspecified atom stereocenters. The van der Waals surface area contributed by atoms with Crippen molar-refractivity contribution in [2.45, 2.75) is 186 Å². The number of benzene rings is 4. The van der Waals surface area contributed by atoms with Crippen molar-refractivity contribution in [2.24, 2.45) is 29.2 Å². The SMILES string of the molecule is CC[C@H](C)[C@@H]1NC(=O)[C@H](CC(C)C)NC(=O)[C@H](Cc2c[nH]c3ccccc23)NC(=O)[C@H](Cc2ccc(O)cc2)N(C)C(=O)[C@@H]2CCCN2C(=O)[C@H](CCC(C)C)NC(=O)[C@H](C)NC(=O)[C@H](Cc2ccc(O)cc2)N(C)C(=O)CSC[C@@H](C(N)=O)NC(=O)[C@H](Cc2c[nH]c3ccccc23)NC(=O)[C@H](CC(N)=O)NC1=O. The highest BCUT2D eigenvalue weighted by Gasteiger charge is 2.44. The summed E-state index contributed by atoms with van der Waals surface area (Å²) in [4.78, 5) is 201. The number of para-hydroxylation sites is 2. The van der Waals surface area contributed by atoms with Gasteiger partial charge in [-0.05, 0) is 115 Å². The van der Waals surface area contributed by atoms with E-state index in [1.54, 1.807) is 94.7 Å². The number of carbonyl (C=O) groups excluding carboxylic acids is 13. The Balaban J connectivity index is 1.19. The fourth-order valence-corrected chi connectivity index (χ4v) is 14.4.